The molecule has 0 radical (unpaired) electrons. The third-order valence-electron chi connectivity index (χ3n) is 4.31. The molecule has 2 bridgehead atoms. The molecule has 1 aliphatic carbocycles. The lowest BCUT2D eigenvalue weighted by Crippen LogP contribution is -2.43. The first-order chi connectivity index (χ1) is 7.22. The van der Waals surface area contributed by atoms with E-state index in [0.29, 0.717) is 16.9 Å². The van der Waals surface area contributed by atoms with E-state index in [0.717, 1.165) is 13.0 Å². The molecule has 2 aliphatic rings. The van der Waals surface area contributed by atoms with Crippen LogP contribution in [0, 0.1) is 10.8 Å². The molecule has 0 aromatic carbocycles. The van der Waals surface area contributed by atoms with E-state index in [1.54, 1.807) is 0 Å². The Morgan fingerprint density at radius 1 is 1.38 bits per heavy atom. The normalized spacial score (nSPS) is 39.6. The maximum atomic E-state index is 11.1. The molecule has 1 saturated carbocycles. The number of carboxylic acid groups (broad SMARTS) is 1. The van der Waals surface area contributed by atoms with Crippen molar-refractivity contribution in [3.8, 4) is 0 Å². The van der Waals surface area contributed by atoms with Crippen molar-refractivity contribution in [3.63, 3.8) is 0 Å². The van der Waals surface area contributed by atoms with Gasteiger partial charge in [0.2, 0.25) is 0 Å². The second kappa shape index (κ2) is 3.46. The van der Waals surface area contributed by atoms with Crippen molar-refractivity contribution in [2.24, 2.45) is 10.8 Å². The van der Waals surface area contributed by atoms with Gasteiger partial charge in [0.15, 0.2) is 0 Å². The van der Waals surface area contributed by atoms with E-state index < -0.39 is 5.97 Å². The zero-order valence-electron chi connectivity index (χ0n) is 10.8. The summed E-state index contributed by atoms with van der Waals surface area (Å²) in [5, 5.41) is 9.13. The number of carboxylic acids is 1. The van der Waals surface area contributed by atoms with Gasteiger partial charge in [-0.2, -0.15) is 0 Å². The monoisotopic (exact) mass is 225 g/mol. The number of carbonyl (C=O) groups is 1. The minimum atomic E-state index is -0.686. The van der Waals surface area contributed by atoms with E-state index in [1.165, 1.54) is 12.8 Å². The van der Waals surface area contributed by atoms with Crippen molar-refractivity contribution >= 4 is 5.97 Å². The predicted molar refractivity (Wildman–Crippen MR) is 63.3 cm³/mol. The van der Waals surface area contributed by atoms with Gasteiger partial charge in [0.05, 0.1) is 0 Å². The second-order valence-electron chi connectivity index (χ2n) is 6.90. The number of aliphatic carboxylic acids is 1. The van der Waals surface area contributed by atoms with Gasteiger partial charge in [-0.15, -0.1) is 0 Å². The average Bonchev–Trinajstić information content (AvgIpc) is 2.33. The Bertz CT molecular complexity index is 313. The Labute approximate surface area is 97.8 Å². The summed E-state index contributed by atoms with van der Waals surface area (Å²) < 4.78 is 0. The van der Waals surface area contributed by atoms with Crippen molar-refractivity contribution in [3.05, 3.63) is 0 Å². The average molecular weight is 225 g/mol. The van der Waals surface area contributed by atoms with Crippen LogP contribution >= 0.6 is 0 Å². The summed E-state index contributed by atoms with van der Waals surface area (Å²) in [5.74, 6) is -0.686. The van der Waals surface area contributed by atoms with Gasteiger partial charge in [0.25, 0.3) is 0 Å². The lowest BCUT2D eigenvalue weighted by molar-refractivity contribution is -0.143. The van der Waals surface area contributed by atoms with Crippen LogP contribution in [0.25, 0.3) is 0 Å². The third kappa shape index (κ3) is 1.97. The molecule has 1 aliphatic heterocycles. The Morgan fingerprint density at radius 2 is 2.00 bits per heavy atom. The van der Waals surface area contributed by atoms with Crippen molar-refractivity contribution in [2.75, 3.05) is 6.54 Å². The molecule has 1 saturated heterocycles. The summed E-state index contributed by atoms with van der Waals surface area (Å²) in [6, 6.07) is 0.139. The van der Waals surface area contributed by atoms with Crippen LogP contribution in [-0.4, -0.2) is 34.6 Å². The summed E-state index contributed by atoms with van der Waals surface area (Å²) in [7, 11) is 0. The van der Waals surface area contributed by atoms with Gasteiger partial charge >= 0.3 is 5.97 Å². The van der Waals surface area contributed by atoms with Gasteiger partial charge in [-0.3, -0.25) is 9.69 Å². The van der Waals surface area contributed by atoms with Gasteiger partial charge in [0, 0.05) is 12.6 Å². The maximum Gasteiger partial charge on any atom is 0.320 e. The van der Waals surface area contributed by atoms with E-state index >= 15 is 0 Å². The second-order valence-corrected chi connectivity index (χ2v) is 6.90. The number of fused-ring (bicyclic) bond motifs is 2. The molecule has 3 heteroatoms. The van der Waals surface area contributed by atoms with Crippen LogP contribution < -0.4 is 0 Å². The Kier molecular flexibility index (Phi) is 2.57. The highest BCUT2D eigenvalue weighted by Gasteiger charge is 2.51. The lowest BCUT2D eigenvalue weighted by Gasteiger charge is -2.40. The summed E-state index contributed by atoms with van der Waals surface area (Å²) in [5.41, 5.74) is 0.695. The maximum absolute atomic E-state index is 11.1. The van der Waals surface area contributed by atoms with Crippen LogP contribution in [0.1, 0.15) is 47.0 Å². The lowest BCUT2D eigenvalue weighted by atomic mass is 9.65. The molecule has 0 amide bonds. The molecule has 2 rings (SSSR count). The number of hydrogen-bond acceptors (Lipinski definition) is 2. The van der Waals surface area contributed by atoms with Gasteiger partial charge in [0.1, 0.15) is 6.04 Å². The third-order valence-corrected chi connectivity index (χ3v) is 4.31. The van der Waals surface area contributed by atoms with Crippen LogP contribution in [0.4, 0.5) is 0 Å². The quantitative estimate of drug-likeness (QED) is 0.784. The van der Waals surface area contributed by atoms with Crippen LogP contribution in [-0.2, 0) is 4.79 Å². The van der Waals surface area contributed by atoms with Gasteiger partial charge in [-0.05, 0) is 37.0 Å². The summed E-state index contributed by atoms with van der Waals surface area (Å²) in [4.78, 5) is 13.3. The van der Waals surface area contributed by atoms with Crippen LogP contribution in [0.2, 0.25) is 0 Å². The van der Waals surface area contributed by atoms with Crippen molar-refractivity contribution in [1.82, 2.24) is 4.90 Å². The summed E-state index contributed by atoms with van der Waals surface area (Å²) in [6.45, 7) is 9.71. The highest BCUT2D eigenvalue weighted by Crippen LogP contribution is 2.52. The molecule has 3 nitrogen and oxygen atoms in total. The Hall–Kier alpha value is -0.570. The van der Waals surface area contributed by atoms with Crippen LogP contribution in [0.3, 0.4) is 0 Å². The molecule has 0 spiro atoms. The molecule has 92 valence electrons. The SMILES string of the molecule is CC(C(=O)O)N1CC2(C)CC1CC(C)(C)C2. The molecular weight excluding hydrogens is 202 g/mol. The minimum absolute atomic E-state index is 0.329. The fourth-order valence-corrected chi connectivity index (χ4v) is 4.10. The first-order valence-corrected chi connectivity index (χ1v) is 6.21. The van der Waals surface area contributed by atoms with Crippen molar-refractivity contribution < 1.29 is 9.90 Å². The number of nitrogens with zero attached hydrogens (tertiary/aromatic N) is 1. The highest BCUT2D eigenvalue weighted by molar-refractivity contribution is 5.73. The molecule has 16 heavy (non-hydrogen) atoms. The molecule has 1 N–H and O–H groups in total. The Balaban J connectivity index is 2.19. The fourth-order valence-electron chi connectivity index (χ4n) is 4.10. The molecule has 0 aromatic heterocycles. The zero-order chi connectivity index (χ0) is 12.1. The van der Waals surface area contributed by atoms with E-state index in [1.807, 2.05) is 6.92 Å². The molecule has 1 heterocycles. The molecular formula is C13H23NO2. The smallest absolute Gasteiger partial charge is 0.320 e. The topological polar surface area (TPSA) is 40.5 Å². The van der Waals surface area contributed by atoms with E-state index in [9.17, 15) is 4.79 Å². The van der Waals surface area contributed by atoms with E-state index in [2.05, 4.69) is 25.7 Å². The van der Waals surface area contributed by atoms with Crippen molar-refractivity contribution in [2.45, 2.75) is 59.0 Å². The van der Waals surface area contributed by atoms with Crippen molar-refractivity contribution in [1.29, 1.82) is 0 Å². The highest BCUT2D eigenvalue weighted by atomic mass is 16.4. The first-order valence-electron chi connectivity index (χ1n) is 6.21. The van der Waals surface area contributed by atoms with Gasteiger partial charge in [-0.25, -0.2) is 0 Å². The fraction of sp³-hybridized carbons (Fsp3) is 0.923. The number of hydrogen-bond donors (Lipinski definition) is 1. The number of likely N-dealkylation sites (tertiary alicyclic amines) is 1. The predicted octanol–water partition coefficient (Wildman–Crippen LogP) is 2.36. The Morgan fingerprint density at radius 3 is 2.56 bits per heavy atom. The van der Waals surface area contributed by atoms with E-state index in [4.69, 9.17) is 5.11 Å². The standard InChI is InChI=1S/C13H23NO2/c1-9(11(15)16)14-8-13(4)6-10(14)5-12(2,3)7-13/h9-10H,5-8H2,1-4H3,(H,15,16). The largest absolute Gasteiger partial charge is 0.480 e. The summed E-state index contributed by atoms with van der Waals surface area (Å²) in [6.07, 6.45) is 3.54. The molecule has 0 aromatic rings. The molecule has 2 fully saturated rings. The van der Waals surface area contributed by atoms with Crippen LogP contribution in [0.15, 0.2) is 0 Å². The van der Waals surface area contributed by atoms with E-state index in [-0.39, 0.29) is 6.04 Å². The molecule has 3 unspecified atom stereocenters. The zero-order valence-corrected chi connectivity index (χ0v) is 10.8. The number of rotatable bonds is 2. The van der Waals surface area contributed by atoms with Gasteiger partial charge in [-0.1, -0.05) is 20.8 Å². The minimum Gasteiger partial charge on any atom is -0.480 e. The molecule has 3 atom stereocenters. The first kappa shape index (κ1) is 11.9. The summed E-state index contributed by atoms with van der Waals surface area (Å²) >= 11 is 0. The van der Waals surface area contributed by atoms with Gasteiger partial charge < -0.3 is 5.11 Å². The van der Waals surface area contributed by atoms with Crippen LogP contribution in [0.5, 0.6) is 0 Å².